The Labute approximate surface area is 116 Å². The Morgan fingerprint density at radius 1 is 1.25 bits per heavy atom. The molecule has 102 valence electrons. The molecule has 1 amide bonds. The van der Waals surface area contributed by atoms with Gasteiger partial charge in [0.2, 0.25) is 5.91 Å². The second-order valence-electron chi connectivity index (χ2n) is 4.87. The van der Waals surface area contributed by atoms with E-state index in [9.17, 15) is 9.18 Å². The molecule has 0 bridgehead atoms. The molecule has 1 aliphatic heterocycles. The Bertz CT molecular complexity index is 672. The largest absolute Gasteiger partial charge is 0.297 e. The minimum atomic E-state index is -0.370. The van der Waals surface area contributed by atoms with Crippen LogP contribution in [0.3, 0.4) is 0 Å². The van der Waals surface area contributed by atoms with Crippen LogP contribution in [0.2, 0.25) is 0 Å². The van der Waals surface area contributed by atoms with Gasteiger partial charge in [-0.25, -0.2) is 9.37 Å². The van der Waals surface area contributed by atoms with E-state index in [1.165, 1.54) is 12.3 Å². The van der Waals surface area contributed by atoms with E-state index in [0.717, 1.165) is 29.8 Å². The summed E-state index contributed by atoms with van der Waals surface area (Å²) in [6.07, 6.45) is 6.24. The lowest BCUT2D eigenvalue weighted by Crippen LogP contribution is -2.34. The molecule has 0 aromatic carbocycles. The van der Waals surface area contributed by atoms with E-state index in [0.29, 0.717) is 12.1 Å². The standard InChI is InChI=1S/C15H14FN3O/c1-10(20)19-4-2-3-11-5-12(8-18-15(11)19)13-6-14(16)9-17-7-13/h5-9H,2-4H2,1H3. The molecule has 4 nitrogen and oxygen atoms in total. The van der Waals surface area contributed by atoms with Crippen molar-refractivity contribution in [1.29, 1.82) is 0 Å². The van der Waals surface area contributed by atoms with Crippen molar-refractivity contribution in [3.05, 3.63) is 42.1 Å². The molecule has 20 heavy (non-hydrogen) atoms. The van der Waals surface area contributed by atoms with Gasteiger partial charge in [-0.15, -0.1) is 0 Å². The molecular formula is C15H14FN3O. The van der Waals surface area contributed by atoms with Crippen molar-refractivity contribution in [2.45, 2.75) is 19.8 Å². The zero-order valence-electron chi connectivity index (χ0n) is 11.1. The molecule has 0 spiro atoms. The molecule has 0 fully saturated rings. The molecule has 0 radical (unpaired) electrons. The highest BCUT2D eigenvalue weighted by molar-refractivity contribution is 5.91. The van der Waals surface area contributed by atoms with Crippen molar-refractivity contribution >= 4 is 11.7 Å². The minimum Gasteiger partial charge on any atom is -0.297 e. The first-order chi connectivity index (χ1) is 9.65. The van der Waals surface area contributed by atoms with Crippen molar-refractivity contribution < 1.29 is 9.18 Å². The predicted octanol–water partition coefficient (Wildman–Crippen LogP) is 2.58. The Morgan fingerprint density at radius 3 is 2.80 bits per heavy atom. The van der Waals surface area contributed by atoms with Gasteiger partial charge in [0.1, 0.15) is 11.6 Å². The normalized spacial score (nSPS) is 14.0. The van der Waals surface area contributed by atoms with E-state index < -0.39 is 0 Å². The number of pyridine rings is 2. The number of rotatable bonds is 1. The fourth-order valence-electron chi connectivity index (χ4n) is 2.50. The molecule has 0 saturated heterocycles. The Kier molecular flexibility index (Phi) is 3.18. The van der Waals surface area contributed by atoms with Gasteiger partial charge < -0.3 is 0 Å². The zero-order chi connectivity index (χ0) is 14.1. The molecule has 1 aliphatic rings. The average molecular weight is 271 g/mol. The highest BCUT2D eigenvalue weighted by Gasteiger charge is 2.21. The Hall–Kier alpha value is -2.30. The van der Waals surface area contributed by atoms with Crippen LogP contribution in [0, 0.1) is 5.82 Å². The lowest BCUT2D eigenvalue weighted by atomic mass is 10.0. The minimum absolute atomic E-state index is 0.00128. The first-order valence-electron chi connectivity index (χ1n) is 6.53. The summed E-state index contributed by atoms with van der Waals surface area (Å²) in [4.78, 5) is 21.5. The fraction of sp³-hybridized carbons (Fsp3) is 0.267. The number of amides is 1. The molecule has 5 heteroatoms. The summed E-state index contributed by atoms with van der Waals surface area (Å²) in [6, 6.07) is 3.40. The molecule has 0 N–H and O–H groups in total. The van der Waals surface area contributed by atoms with Crippen LogP contribution in [0.15, 0.2) is 30.7 Å². The van der Waals surface area contributed by atoms with E-state index in [1.54, 1.807) is 24.2 Å². The first kappa shape index (κ1) is 12.7. The summed E-state index contributed by atoms with van der Waals surface area (Å²) < 4.78 is 13.2. The number of fused-ring (bicyclic) bond motifs is 1. The average Bonchev–Trinajstić information content (AvgIpc) is 2.46. The Morgan fingerprint density at radius 2 is 2.05 bits per heavy atom. The summed E-state index contributed by atoms with van der Waals surface area (Å²) in [6.45, 7) is 2.25. The van der Waals surface area contributed by atoms with Crippen molar-refractivity contribution in [1.82, 2.24) is 9.97 Å². The van der Waals surface area contributed by atoms with E-state index in [4.69, 9.17) is 0 Å². The summed E-state index contributed by atoms with van der Waals surface area (Å²) in [5, 5.41) is 0. The van der Waals surface area contributed by atoms with Gasteiger partial charge in [-0.3, -0.25) is 14.7 Å². The molecule has 0 atom stereocenters. The van der Waals surface area contributed by atoms with Crippen LogP contribution in [0.1, 0.15) is 18.9 Å². The molecule has 3 rings (SSSR count). The van der Waals surface area contributed by atoms with Crippen LogP contribution in [-0.4, -0.2) is 22.4 Å². The zero-order valence-corrected chi connectivity index (χ0v) is 11.1. The number of carbonyl (C=O) groups is 1. The van der Waals surface area contributed by atoms with Crippen molar-refractivity contribution in [2.75, 3.05) is 11.4 Å². The first-order valence-corrected chi connectivity index (χ1v) is 6.53. The number of halogens is 1. The lowest BCUT2D eigenvalue weighted by Gasteiger charge is -2.27. The highest BCUT2D eigenvalue weighted by Crippen LogP contribution is 2.29. The number of carbonyl (C=O) groups excluding carboxylic acids is 1. The maximum absolute atomic E-state index is 13.2. The number of aryl methyl sites for hydroxylation is 1. The molecule has 0 unspecified atom stereocenters. The van der Waals surface area contributed by atoms with Gasteiger partial charge in [0, 0.05) is 37.0 Å². The van der Waals surface area contributed by atoms with Crippen molar-refractivity contribution in [3.8, 4) is 11.1 Å². The smallest absolute Gasteiger partial charge is 0.225 e. The second-order valence-corrected chi connectivity index (χ2v) is 4.87. The summed E-state index contributed by atoms with van der Waals surface area (Å²) in [5.41, 5.74) is 2.54. The van der Waals surface area contributed by atoms with E-state index in [2.05, 4.69) is 9.97 Å². The SMILES string of the molecule is CC(=O)N1CCCc2cc(-c3cncc(F)c3)cnc21. The van der Waals surface area contributed by atoms with Crippen molar-refractivity contribution in [2.24, 2.45) is 0 Å². The second kappa shape index (κ2) is 5.00. The van der Waals surface area contributed by atoms with Crippen LogP contribution in [0.5, 0.6) is 0 Å². The summed E-state index contributed by atoms with van der Waals surface area (Å²) in [5.74, 6) is 0.348. The lowest BCUT2D eigenvalue weighted by molar-refractivity contribution is -0.116. The van der Waals surface area contributed by atoms with E-state index in [1.807, 2.05) is 6.07 Å². The van der Waals surface area contributed by atoms with Crippen LogP contribution >= 0.6 is 0 Å². The van der Waals surface area contributed by atoms with Crippen LogP contribution < -0.4 is 4.90 Å². The Balaban J connectivity index is 2.03. The van der Waals surface area contributed by atoms with Gasteiger partial charge in [0.15, 0.2) is 0 Å². The number of hydrogen-bond donors (Lipinski definition) is 0. The monoisotopic (exact) mass is 271 g/mol. The fourth-order valence-corrected chi connectivity index (χ4v) is 2.50. The number of hydrogen-bond acceptors (Lipinski definition) is 3. The molecule has 0 saturated carbocycles. The van der Waals surface area contributed by atoms with Gasteiger partial charge in [-0.2, -0.15) is 0 Å². The number of nitrogens with zero attached hydrogens (tertiary/aromatic N) is 3. The third kappa shape index (κ3) is 2.27. The van der Waals surface area contributed by atoms with Crippen LogP contribution in [-0.2, 0) is 11.2 Å². The van der Waals surface area contributed by atoms with Crippen LogP contribution in [0.4, 0.5) is 10.2 Å². The predicted molar refractivity (Wildman–Crippen MR) is 73.8 cm³/mol. The third-order valence-corrected chi connectivity index (χ3v) is 3.44. The van der Waals surface area contributed by atoms with E-state index >= 15 is 0 Å². The maximum atomic E-state index is 13.2. The number of anilines is 1. The van der Waals surface area contributed by atoms with Gasteiger partial charge >= 0.3 is 0 Å². The molecule has 3 heterocycles. The van der Waals surface area contributed by atoms with Crippen molar-refractivity contribution in [3.63, 3.8) is 0 Å². The quantitative estimate of drug-likeness (QED) is 0.801. The van der Waals surface area contributed by atoms with Gasteiger partial charge in [-0.1, -0.05) is 0 Å². The summed E-state index contributed by atoms with van der Waals surface area (Å²) in [7, 11) is 0. The van der Waals surface area contributed by atoms with Gasteiger partial charge in [0.25, 0.3) is 0 Å². The molecule has 2 aromatic rings. The maximum Gasteiger partial charge on any atom is 0.225 e. The molecular weight excluding hydrogens is 257 g/mol. The molecule has 2 aromatic heterocycles. The van der Waals surface area contributed by atoms with Gasteiger partial charge in [-0.05, 0) is 30.5 Å². The summed E-state index contributed by atoms with van der Waals surface area (Å²) >= 11 is 0. The molecule has 0 aliphatic carbocycles. The third-order valence-electron chi connectivity index (χ3n) is 3.44. The topological polar surface area (TPSA) is 46.1 Å². The highest BCUT2D eigenvalue weighted by atomic mass is 19.1. The van der Waals surface area contributed by atoms with Gasteiger partial charge in [0.05, 0.1) is 6.20 Å². The number of aromatic nitrogens is 2. The van der Waals surface area contributed by atoms with E-state index in [-0.39, 0.29) is 11.7 Å². The van der Waals surface area contributed by atoms with Crippen LogP contribution in [0.25, 0.3) is 11.1 Å².